The van der Waals surface area contributed by atoms with Crippen LogP contribution >= 0.6 is 11.6 Å². The molecule has 116 valence electrons. The molecular formula is C14H14ClN3O4. The number of aromatic nitrogens is 1. The number of ether oxygens (including phenoxy) is 1. The largest absolute Gasteiger partial charge is 0.452 e. The number of carbonyl (C=O) groups is 2. The Morgan fingerprint density at radius 1 is 1.41 bits per heavy atom. The van der Waals surface area contributed by atoms with Crippen LogP contribution in [0, 0.1) is 6.92 Å². The van der Waals surface area contributed by atoms with E-state index < -0.39 is 18.5 Å². The highest BCUT2D eigenvalue weighted by atomic mass is 35.5. The van der Waals surface area contributed by atoms with Gasteiger partial charge in [0.05, 0.1) is 5.69 Å². The van der Waals surface area contributed by atoms with E-state index in [9.17, 15) is 9.59 Å². The van der Waals surface area contributed by atoms with Crippen LogP contribution in [-0.4, -0.2) is 23.6 Å². The first-order valence-electron chi connectivity index (χ1n) is 6.38. The number of halogens is 1. The maximum atomic E-state index is 11.8. The number of nitrogens with two attached hydrogens (primary N) is 1. The molecule has 1 heterocycles. The van der Waals surface area contributed by atoms with E-state index in [-0.39, 0.29) is 18.0 Å². The van der Waals surface area contributed by atoms with Crippen LogP contribution in [0.5, 0.6) is 0 Å². The first kappa shape index (κ1) is 15.8. The van der Waals surface area contributed by atoms with Crippen molar-refractivity contribution in [2.24, 2.45) is 0 Å². The van der Waals surface area contributed by atoms with Gasteiger partial charge in [-0.05, 0) is 18.6 Å². The minimum absolute atomic E-state index is 0.0268. The second-order valence-electron chi connectivity index (χ2n) is 4.45. The third kappa shape index (κ3) is 3.76. The van der Waals surface area contributed by atoms with E-state index in [1.54, 1.807) is 25.1 Å². The third-order valence-corrected chi connectivity index (χ3v) is 3.23. The summed E-state index contributed by atoms with van der Waals surface area (Å²) >= 11 is 5.97. The Labute approximate surface area is 131 Å². The number of nitrogen functional groups attached to an aromatic ring is 1. The number of nitrogens with one attached hydrogen (secondary N) is 1. The SMILES string of the molecule is Cc1noc(N)c1C(=O)OCC(=O)NCc1ccccc1Cl. The first-order valence-corrected chi connectivity index (χ1v) is 6.75. The Bertz CT molecular complexity index is 680. The van der Waals surface area contributed by atoms with Gasteiger partial charge in [0.1, 0.15) is 5.56 Å². The minimum atomic E-state index is -0.760. The zero-order valence-corrected chi connectivity index (χ0v) is 12.5. The van der Waals surface area contributed by atoms with Gasteiger partial charge in [-0.25, -0.2) is 4.79 Å². The first-order chi connectivity index (χ1) is 10.5. The van der Waals surface area contributed by atoms with E-state index >= 15 is 0 Å². The van der Waals surface area contributed by atoms with Crippen molar-refractivity contribution < 1.29 is 18.8 Å². The number of rotatable bonds is 5. The normalized spacial score (nSPS) is 10.3. The fourth-order valence-electron chi connectivity index (χ4n) is 1.73. The molecule has 7 nitrogen and oxygen atoms in total. The van der Waals surface area contributed by atoms with Crippen molar-refractivity contribution in [3.63, 3.8) is 0 Å². The highest BCUT2D eigenvalue weighted by Crippen LogP contribution is 2.16. The molecule has 3 N–H and O–H groups in total. The lowest BCUT2D eigenvalue weighted by Crippen LogP contribution is -2.28. The molecule has 0 radical (unpaired) electrons. The van der Waals surface area contributed by atoms with Gasteiger partial charge in [0.25, 0.3) is 5.91 Å². The summed E-state index contributed by atoms with van der Waals surface area (Å²) in [5.74, 6) is -1.36. The second kappa shape index (κ2) is 6.95. The predicted molar refractivity (Wildman–Crippen MR) is 79.2 cm³/mol. The van der Waals surface area contributed by atoms with E-state index in [4.69, 9.17) is 22.1 Å². The average molecular weight is 324 g/mol. The van der Waals surface area contributed by atoms with Crippen LogP contribution in [0.4, 0.5) is 5.88 Å². The number of hydrogen-bond donors (Lipinski definition) is 2. The number of amides is 1. The van der Waals surface area contributed by atoms with Gasteiger partial charge in [0.15, 0.2) is 6.61 Å². The smallest absolute Gasteiger partial charge is 0.346 e. The van der Waals surface area contributed by atoms with Gasteiger partial charge in [-0.1, -0.05) is 35.0 Å². The van der Waals surface area contributed by atoms with E-state index in [0.717, 1.165) is 5.56 Å². The molecule has 0 saturated carbocycles. The summed E-state index contributed by atoms with van der Waals surface area (Å²) in [7, 11) is 0. The summed E-state index contributed by atoms with van der Waals surface area (Å²) in [4.78, 5) is 23.4. The number of anilines is 1. The zero-order chi connectivity index (χ0) is 16.1. The van der Waals surface area contributed by atoms with E-state index in [1.807, 2.05) is 6.07 Å². The molecule has 1 aromatic heterocycles. The molecule has 0 aliphatic carbocycles. The predicted octanol–water partition coefficient (Wildman–Crippen LogP) is 1.69. The molecule has 0 aliphatic heterocycles. The zero-order valence-electron chi connectivity index (χ0n) is 11.8. The summed E-state index contributed by atoms with van der Waals surface area (Å²) in [5.41, 5.74) is 6.55. The Morgan fingerprint density at radius 3 is 2.77 bits per heavy atom. The van der Waals surface area contributed by atoms with E-state index in [1.165, 1.54) is 0 Å². The maximum Gasteiger partial charge on any atom is 0.346 e. The molecule has 0 aliphatic rings. The molecule has 1 amide bonds. The standard InChI is InChI=1S/C14H14ClN3O4/c1-8-12(13(16)22-18-8)14(20)21-7-11(19)17-6-9-4-2-3-5-10(9)15/h2-5H,6-7,16H2,1H3,(H,17,19). The fraction of sp³-hybridized carbons (Fsp3) is 0.214. The molecule has 8 heteroatoms. The molecular weight excluding hydrogens is 310 g/mol. The fourth-order valence-corrected chi connectivity index (χ4v) is 1.93. The van der Waals surface area contributed by atoms with Crippen LogP contribution in [-0.2, 0) is 16.1 Å². The average Bonchev–Trinajstić information content (AvgIpc) is 2.83. The van der Waals surface area contributed by atoms with Crippen LogP contribution < -0.4 is 11.1 Å². The van der Waals surface area contributed by atoms with Crippen molar-refractivity contribution >= 4 is 29.4 Å². The maximum absolute atomic E-state index is 11.8. The van der Waals surface area contributed by atoms with Crippen molar-refractivity contribution in [3.8, 4) is 0 Å². The highest BCUT2D eigenvalue weighted by Gasteiger charge is 2.20. The Hall–Kier alpha value is -2.54. The number of carbonyl (C=O) groups excluding carboxylic acids is 2. The van der Waals surface area contributed by atoms with Crippen molar-refractivity contribution in [1.29, 1.82) is 0 Å². The Balaban J connectivity index is 1.83. The van der Waals surface area contributed by atoms with Gasteiger partial charge in [-0.3, -0.25) is 4.79 Å². The molecule has 0 fully saturated rings. The molecule has 0 bridgehead atoms. The topological polar surface area (TPSA) is 107 Å². The van der Waals surface area contributed by atoms with Crippen LogP contribution in [0.1, 0.15) is 21.6 Å². The van der Waals surface area contributed by atoms with Gasteiger partial charge in [0.2, 0.25) is 5.88 Å². The molecule has 1 aromatic carbocycles. The van der Waals surface area contributed by atoms with Crippen molar-refractivity contribution in [1.82, 2.24) is 10.5 Å². The van der Waals surface area contributed by atoms with Gasteiger partial charge in [-0.2, -0.15) is 0 Å². The number of hydrogen-bond acceptors (Lipinski definition) is 6. The number of aryl methyl sites for hydroxylation is 1. The van der Waals surface area contributed by atoms with E-state index in [2.05, 4.69) is 15.0 Å². The molecule has 0 atom stereocenters. The molecule has 2 rings (SSSR count). The number of esters is 1. The van der Waals surface area contributed by atoms with Gasteiger partial charge >= 0.3 is 5.97 Å². The molecule has 0 saturated heterocycles. The molecule has 2 aromatic rings. The monoisotopic (exact) mass is 323 g/mol. The number of benzene rings is 1. The van der Waals surface area contributed by atoms with Crippen LogP contribution in [0.3, 0.4) is 0 Å². The lowest BCUT2D eigenvalue weighted by Gasteiger charge is -2.07. The van der Waals surface area contributed by atoms with Gasteiger partial charge in [0, 0.05) is 11.6 Å². The summed E-state index contributed by atoms with van der Waals surface area (Å²) in [6.07, 6.45) is 0. The summed E-state index contributed by atoms with van der Waals surface area (Å²) in [6, 6.07) is 7.11. The molecule has 0 spiro atoms. The highest BCUT2D eigenvalue weighted by molar-refractivity contribution is 6.31. The van der Waals surface area contributed by atoms with Crippen LogP contribution in [0.2, 0.25) is 5.02 Å². The number of nitrogens with zero attached hydrogens (tertiary/aromatic N) is 1. The Kier molecular flexibility index (Phi) is 5.00. The molecule has 22 heavy (non-hydrogen) atoms. The summed E-state index contributed by atoms with van der Waals surface area (Å²) < 4.78 is 9.52. The van der Waals surface area contributed by atoms with Gasteiger partial charge < -0.3 is 20.3 Å². The van der Waals surface area contributed by atoms with Crippen LogP contribution in [0.15, 0.2) is 28.8 Å². The minimum Gasteiger partial charge on any atom is -0.452 e. The summed E-state index contributed by atoms with van der Waals surface area (Å²) in [6.45, 7) is 1.35. The lowest BCUT2D eigenvalue weighted by molar-refractivity contribution is -0.124. The third-order valence-electron chi connectivity index (χ3n) is 2.86. The second-order valence-corrected chi connectivity index (χ2v) is 4.86. The van der Waals surface area contributed by atoms with Crippen LogP contribution in [0.25, 0.3) is 0 Å². The Morgan fingerprint density at radius 2 is 2.14 bits per heavy atom. The summed E-state index contributed by atoms with van der Waals surface area (Å²) in [5, 5.41) is 6.68. The quantitative estimate of drug-likeness (QED) is 0.811. The van der Waals surface area contributed by atoms with Crippen molar-refractivity contribution in [3.05, 3.63) is 46.1 Å². The van der Waals surface area contributed by atoms with Crippen molar-refractivity contribution in [2.45, 2.75) is 13.5 Å². The molecule has 0 unspecified atom stereocenters. The lowest BCUT2D eigenvalue weighted by atomic mass is 10.2. The van der Waals surface area contributed by atoms with E-state index in [0.29, 0.717) is 10.7 Å². The van der Waals surface area contributed by atoms with Gasteiger partial charge in [-0.15, -0.1) is 0 Å². The van der Waals surface area contributed by atoms with Crippen molar-refractivity contribution in [2.75, 3.05) is 12.3 Å².